The molecule has 0 fully saturated rings. The van der Waals surface area contributed by atoms with E-state index in [1.807, 2.05) is 48.5 Å². The summed E-state index contributed by atoms with van der Waals surface area (Å²) in [5.74, 6) is -1.35. The maximum absolute atomic E-state index is 12.2. The Morgan fingerprint density at radius 3 is 1.72 bits per heavy atom. The van der Waals surface area contributed by atoms with Gasteiger partial charge < -0.3 is 21.1 Å². The van der Waals surface area contributed by atoms with Crippen LogP contribution < -0.4 is 16.4 Å². The fourth-order valence-corrected chi connectivity index (χ4v) is 3.82. The summed E-state index contributed by atoms with van der Waals surface area (Å²) in [7, 11) is 1.26. The Morgan fingerprint density at radius 1 is 0.828 bits per heavy atom. The standard InChI is InChI=1S/C21H17I2N3O3/c1-29-21(28)17-11-19(26-15-7-3-5-13(23)9-15)18(10-16(17)20(24)27)25-14-6-2-4-12(22)8-14/h2-11,25-26H,1H3,(H2,24,27). The molecule has 0 heterocycles. The van der Waals surface area contributed by atoms with Crippen LogP contribution >= 0.6 is 45.2 Å². The minimum absolute atomic E-state index is 0.0816. The van der Waals surface area contributed by atoms with Crippen LogP contribution in [-0.4, -0.2) is 19.0 Å². The summed E-state index contributed by atoms with van der Waals surface area (Å²) in [6.07, 6.45) is 0. The third-order valence-electron chi connectivity index (χ3n) is 4.04. The molecule has 8 heteroatoms. The number of carbonyl (C=O) groups is 2. The molecule has 0 aliphatic heterocycles. The number of amides is 1. The number of methoxy groups -OCH3 is 1. The summed E-state index contributed by atoms with van der Waals surface area (Å²) in [4.78, 5) is 24.2. The molecule has 3 aromatic carbocycles. The van der Waals surface area contributed by atoms with E-state index in [2.05, 4.69) is 55.8 Å². The summed E-state index contributed by atoms with van der Waals surface area (Å²) >= 11 is 4.45. The molecule has 6 nitrogen and oxygen atoms in total. The first kappa shape index (κ1) is 21.4. The van der Waals surface area contributed by atoms with Gasteiger partial charge >= 0.3 is 5.97 Å². The van der Waals surface area contributed by atoms with Gasteiger partial charge in [0.25, 0.3) is 0 Å². The molecule has 0 radical (unpaired) electrons. The molecule has 0 unspecified atom stereocenters. The van der Waals surface area contributed by atoms with Crippen LogP contribution in [0.15, 0.2) is 60.7 Å². The van der Waals surface area contributed by atoms with Crippen LogP contribution in [0.2, 0.25) is 0 Å². The van der Waals surface area contributed by atoms with Gasteiger partial charge in [0.1, 0.15) is 0 Å². The minimum atomic E-state index is -0.711. The lowest BCUT2D eigenvalue weighted by Crippen LogP contribution is -2.18. The van der Waals surface area contributed by atoms with E-state index in [1.54, 1.807) is 12.1 Å². The Morgan fingerprint density at radius 2 is 1.31 bits per heavy atom. The lowest BCUT2D eigenvalue weighted by atomic mass is 10.0. The van der Waals surface area contributed by atoms with Gasteiger partial charge in [0.2, 0.25) is 5.91 Å². The van der Waals surface area contributed by atoms with E-state index in [-0.39, 0.29) is 11.1 Å². The van der Waals surface area contributed by atoms with E-state index in [1.165, 1.54) is 7.11 Å². The average Bonchev–Trinajstić information content (AvgIpc) is 2.68. The molecule has 0 aliphatic carbocycles. The van der Waals surface area contributed by atoms with Crippen LogP contribution in [0.25, 0.3) is 0 Å². The van der Waals surface area contributed by atoms with Crippen molar-refractivity contribution in [2.24, 2.45) is 5.73 Å². The number of esters is 1. The topological polar surface area (TPSA) is 93.4 Å². The molecular formula is C21H17I2N3O3. The van der Waals surface area contributed by atoms with Crippen LogP contribution in [-0.2, 0) is 4.74 Å². The van der Waals surface area contributed by atoms with Gasteiger partial charge in [-0.05, 0) is 93.7 Å². The third kappa shape index (κ3) is 5.38. The fourth-order valence-electron chi connectivity index (χ4n) is 2.73. The van der Waals surface area contributed by atoms with Crippen molar-refractivity contribution in [2.75, 3.05) is 17.7 Å². The molecular weight excluding hydrogens is 596 g/mol. The van der Waals surface area contributed by atoms with Gasteiger partial charge in [0, 0.05) is 18.5 Å². The van der Waals surface area contributed by atoms with Crippen molar-refractivity contribution in [1.29, 1.82) is 0 Å². The highest BCUT2D eigenvalue weighted by atomic mass is 127. The summed E-state index contributed by atoms with van der Waals surface area (Å²) in [5, 5.41) is 6.60. The number of hydrogen-bond acceptors (Lipinski definition) is 5. The highest BCUT2D eigenvalue weighted by Gasteiger charge is 2.20. The number of carbonyl (C=O) groups excluding carboxylic acids is 2. The van der Waals surface area contributed by atoms with Gasteiger partial charge in [0.05, 0.1) is 29.6 Å². The van der Waals surface area contributed by atoms with E-state index >= 15 is 0 Å². The summed E-state index contributed by atoms with van der Waals surface area (Å²) in [6, 6.07) is 18.7. The Labute approximate surface area is 195 Å². The van der Waals surface area contributed by atoms with Crippen molar-refractivity contribution in [2.45, 2.75) is 0 Å². The second-order valence-corrected chi connectivity index (χ2v) is 8.56. The second-order valence-electron chi connectivity index (χ2n) is 6.07. The van der Waals surface area contributed by atoms with Crippen LogP contribution in [0.3, 0.4) is 0 Å². The molecule has 3 aromatic rings. The predicted octanol–water partition coefficient (Wildman–Crippen LogP) is 5.27. The molecule has 3 rings (SSSR count). The van der Waals surface area contributed by atoms with E-state index in [0.29, 0.717) is 11.4 Å². The van der Waals surface area contributed by atoms with Gasteiger partial charge in [-0.25, -0.2) is 4.79 Å². The van der Waals surface area contributed by atoms with Gasteiger partial charge in [-0.2, -0.15) is 0 Å². The van der Waals surface area contributed by atoms with Gasteiger partial charge in [0.15, 0.2) is 0 Å². The molecule has 0 bridgehead atoms. The zero-order valence-corrected chi connectivity index (χ0v) is 19.6. The highest BCUT2D eigenvalue weighted by Crippen LogP contribution is 2.33. The number of rotatable bonds is 6. The van der Waals surface area contributed by atoms with Gasteiger partial charge in [-0.15, -0.1) is 0 Å². The Hall–Kier alpha value is -2.34. The first-order valence-corrected chi connectivity index (χ1v) is 10.6. The summed E-state index contributed by atoms with van der Waals surface area (Å²) in [5.41, 5.74) is 8.59. The van der Waals surface area contributed by atoms with Crippen molar-refractivity contribution in [3.8, 4) is 0 Å². The van der Waals surface area contributed by atoms with Crippen LogP contribution in [0, 0.1) is 7.14 Å². The van der Waals surface area contributed by atoms with E-state index < -0.39 is 11.9 Å². The molecule has 0 spiro atoms. The molecule has 0 saturated heterocycles. The number of nitrogens with two attached hydrogens (primary N) is 1. The quantitative estimate of drug-likeness (QED) is 0.261. The Bertz CT molecular complexity index is 1090. The number of ether oxygens (including phenoxy) is 1. The largest absolute Gasteiger partial charge is 0.465 e. The normalized spacial score (nSPS) is 10.3. The molecule has 0 saturated carbocycles. The van der Waals surface area contributed by atoms with Crippen molar-refractivity contribution < 1.29 is 14.3 Å². The van der Waals surface area contributed by atoms with Crippen molar-refractivity contribution >= 4 is 79.8 Å². The molecule has 0 aromatic heterocycles. The number of benzene rings is 3. The summed E-state index contributed by atoms with van der Waals surface area (Å²) < 4.78 is 6.94. The van der Waals surface area contributed by atoms with Gasteiger partial charge in [-0.1, -0.05) is 12.1 Å². The van der Waals surface area contributed by atoms with Crippen LogP contribution in [0.1, 0.15) is 20.7 Å². The average molecular weight is 613 g/mol. The first-order chi connectivity index (χ1) is 13.9. The summed E-state index contributed by atoms with van der Waals surface area (Å²) in [6.45, 7) is 0. The number of anilines is 4. The maximum Gasteiger partial charge on any atom is 0.338 e. The van der Waals surface area contributed by atoms with E-state index in [0.717, 1.165) is 18.5 Å². The first-order valence-electron chi connectivity index (χ1n) is 8.48. The minimum Gasteiger partial charge on any atom is -0.465 e. The Kier molecular flexibility index (Phi) is 6.96. The monoisotopic (exact) mass is 613 g/mol. The maximum atomic E-state index is 12.2. The molecule has 0 atom stereocenters. The highest BCUT2D eigenvalue weighted by molar-refractivity contribution is 14.1. The number of nitrogens with one attached hydrogen (secondary N) is 2. The van der Waals surface area contributed by atoms with Crippen molar-refractivity contribution in [3.63, 3.8) is 0 Å². The predicted molar refractivity (Wildman–Crippen MR) is 131 cm³/mol. The van der Waals surface area contributed by atoms with Crippen molar-refractivity contribution in [3.05, 3.63) is 78.9 Å². The zero-order chi connectivity index (χ0) is 21.0. The SMILES string of the molecule is COC(=O)c1cc(Nc2cccc(I)c2)c(Nc2cccc(I)c2)cc1C(N)=O. The lowest BCUT2D eigenvalue weighted by molar-refractivity contribution is 0.0597. The smallest absolute Gasteiger partial charge is 0.338 e. The second kappa shape index (κ2) is 9.44. The number of hydrogen-bond donors (Lipinski definition) is 3. The molecule has 148 valence electrons. The zero-order valence-electron chi connectivity index (χ0n) is 15.3. The lowest BCUT2D eigenvalue weighted by Gasteiger charge is -2.17. The number of primary amides is 1. The third-order valence-corrected chi connectivity index (χ3v) is 5.38. The van der Waals surface area contributed by atoms with Crippen molar-refractivity contribution in [1.82, 2.24) is 0 Å². The van der Waals surface area contributed by atoms with Gasteiger partial charge in [-0.3, -0.25) is 4.79 Å². The van der Waals surface area contributed by atoms with E-state index in [9.17, 15) is 9.59 Å². The molecule has 4 N–H and O–H groups in total. The van der Waals surface area contributed by atoms with E-state index in [4.69, 9.17) is 10.5 Å². The van der Waals surface area contributed by atoms with Crippen LogP contribution in [0.4, 0.5) is 22.7 Å². The molecule has 29 heavy (non-hydrogen) atoms. The molecule has 1 amide bonds. The fraction of sp³-hybridized carbons (Fsp3) is 0.0476. The van der Waals surface area contributed by atoms with Crippen LogP contribution in [0.5, 0.6) is 0 Å². The number of halogens is 2. The Balaban J connectivity index is 2.13. The molecule has 0 aliphatic rings.